The van der Waals surface area contributed by atoms with Crippen molar-refractivity contribution in [3.05, 3.63) is 0 Å². The molecule has 1 aliphatic rings. The van der Waals surface area contributed by atoms with Crippen molar-refractivity contribution in [1.29, 1.82) is 0 Å². The fourth-order valence-electron chi connectivity index (χ4n) is 4.40. The van der Waals surface area contributed by atoms with Gasteiger partial charge in [0.15, 0.2) is 0 Å². The average Bonchev–Trinajstić information content (AvgIpc) is 2.82. The molecule has 9 nitrogen and oxygen atoms in total. The third kappa shape index (κ3) is 19.5. The first-order valence-electron chi connectivity index (χ1n) is 15.0. The molecule has 1 aliphatic carbocycles. The highest BCUT2D eigenvalue weighted by molar-refractivity contribution is 5.61. The van der Waals surface area contributed by atoms with Gasteiger partial charge in [-0.15, -0.1) is 0 Å². The number of hydrogen-bond acceptors (Lipinski definition) is 9. The summed E-state index contributed by atoms with van der Waals surface area (Å²) in [5.41, 5.74) is 0. The Kier molecular flexibility index (Phi) is 18.5. The Morgan fingerprint density at radius 3 is 0.974 bits per heavy atom. The van der Waals surface area contributed by atoms with Crippen molar-refractivity contribution in [2.75, 3.05) is 19.8 Å². The highest BCUT2D eigenvalue weighted by Gasteiger charge is 2.36. The normalized spacial score (nSPS) is 19.2. The van der Waals surface area contributed by atoms with Gasteiger partial charge >= 0.3 is 18.5 Å². The molecule has 0 heterocycles. The molecule has 0 aromatic rings. The van der Waals surface area contributed by atoms with Crippen molar-refractivity contribution < 1.29 is 42.8 Å². The fourth-order valence-corrected chi connectivity index (χ4v) is 4.40. The van der Waals surface area contributed by atoms with Gasteiger partial charge in [0, 0.05) is 19.3 Å². The second kappa shape index (κ2) is 20.7. The van der Waals surface area contributed by atoms with Gasteiger partial charge in [0.25, 0.3) is 0 Å². The van der Waals surface area contributed by atoms with Crippen molar-refractivity contribution in [2.24, 2.45) is 17.8 Å². The average molecular weight is 559 g/mol. The first-order valence-corrected chi connectivity index (χ1v) is 15.0. The first-order chi connectivity index (χ1) is 18.5. The molecule has 228 valence electrons. The minimum Gasteiger partial charge on any atom is -0.434 e. The molecule has 0 spiro atoms. The molecule has 0 radical (unpaired) electrons. The molecule has 39 heavy (non-hydrogen) atoms. The third-order valence-corrected chi connectivity index (χ3v) is 6.55. The fraction of sp³-hybridized carbons (Fsp3) is 0.900. The van der Waals surface area contributed by atoms with Gasteiger partial charge in [-0.25, -0.2) is 14.4 Å². The van der Waals surface area contributed by atoms with E-state index in [1.807, 2.05) is 0 Å². The van der Waals surface area contributed by atoms with E-state index in [0.29, 0.717) is 17.8 Å². The van der Waals surface area contributed by atoms with Gasteiger partial charge in [0.05, 0.1) is 19.8 Å². The summed E-state index contributed by atoms with van der Waals surface area (Å²) in [5.74, 6) is 1.81. The summed E-state index contributed by atoms with van der Waals surface area (Å²) in [6.45, 7) is 13.8. The zero-order chi connectivity index (χ0) is 29.0. The van der Waals surface area contributed by atoms with E-state index in [2.05, 4.69) is 41.5 Å². The number of rotatable bonds is 18. The molecule has 0 aromatic heterocycles. The van der Waals surface area contributed by atoms with E-state index in [1.54, 1.807) is 0 Å². The Bertz CT molecular complexity index is 581. The standard InChI is InChI=1S/C30H54O9/c1-22(2)13-7-10-16-34-28(31)37-25-19-26(38-29(32)35-17-11-8-14-23(3)4)21-27(20-25)39-30(33)36-18-12-9-15-24(5)6/h22-27H,7-21H2,1-6H3. The van der Waals surface area contributed by atoms with Gasteiger partial charge in [-0.3, -0.25) is 0 Å². The predicted octanol–water partition coefficient (Wildman–Crippen LogP) is 8.21. The molecular formula is C30H54O9. The molecule has 0 unspecified atom stereocenters. The Balaban J connectivity index is 2.55. The quantitative estimate of drug-likeness (QED) is 0.0934. The number of hydrogen-bond donors (Lipinski definition) is 0. The van der Waals surface area contributed by atoms with Crippen molar-refractivity contribution in [3.63, 3.8) is 0 Å². The Labute approximate surface area is 235 Å². The monoisotopic (exact) mass is 558 g/mol. The molecule has 0 bridgehead atoms. The first kappa shape index (κ1) is 34.8. The molecule has 9 heteroatoms. The molecule has 0 aromatic carbocycles. The van der Waals surface area contributed by atoms with Gasteiger partial charge in [-0.2, -0.15) is 0 Å². The number of ether oxygens (including phenoxy) is 6. The zero-order valence-corrected chi connectivity index (χ0v) is 25.2. The molecule has 1 fully saturated rings. The van der Waals surface area contributed by atoms with Crippen molar-refractivity contribution in [1.82, 2.24) is 0 Å². The van der Waals surface area contributed by atoms with Crippen LogP contribution in [-0.2, 0) is 28.4 Å². The van der Waals surface area contributed by atoms with Crippen LogP contribution in [0.1, 0.15) is 119 Å². The van der Waals surface area contributed by atoms with Crippen LogP contribution in [0.25, 0.3) is 0 Å². The Hall–Kier alpha value is -2.19. The summed E-state index contributed by atoms with van der Waals surface area (Å²) in [4.78, 5) is 36.8. The van der Waals surface area contributed by atoms with Crippen LogP contribution in [0.3, 0.4) is 0 Å². The number of carbonyl (C=O) groups excluding carboxylic acids is 3. The molecule has 0 saturated heterocycles. The molecule has 0 N–H and O–H groups in total. The maximum atomic E-state index is 12.3. The molecule has 0 atom stereocenters. The summed E-state index contributed by atoms with van der Waals surface area (Å²) in [7, 11) is 0. The minimum absolute atomic E-state index is 0.273. The molecular weight excluding hydrogens is 504 g/mol. The van der Waals surface area contributed by atoms with Crippen molar-refractivity contribution >= 4 is 18.5 Å². The second-order valence-electron chi connectivity index (χ2n) is 11.9. The van der Waals surface area contributed by atoms with E-state index in [1.165, 1.54) is 0 Å². The maximum absolute atomic E-state index is 12.3. The molecule has 0 aliphatic heterocycles. The highest BCUT2D eigenvalue weighted by atomic mass is 16.7. The van der Waals surface area contributed by atoms with Crippen LogP contribution in [0.15, 0.2) is 0 Å². The Morgan fingerprint density at radius 1 is 0.487 bits per heavy atom. The largest absolute Gasteiger partial charge is 0.508 e. The minimum atomic E-state index is -0.774. The van der Waals surface area contributed by atoms with Crippen LogP contribution in [0.5, 0.6) is 0 Å². The third-order valence-electron chi connectivity index (χ3n) is 6.55. The van der Waals surface area contributed by atoms with E-state index in [4.69, 9.17) is 28.4 Å². The van der Waals surface area contributed by atoms with Crippen LogP contribution < -0.4 is 0 Å². The summed E-state index contributed by atoms with van der Waals surface area (Å²) in [6, 6.07) is 0. The lowest BCUT2D eigenvalue weighted by Gasteiger charge is -2.33. The number of unbranched alkanes of at least 4 members (excludes halogenated alkanes) is 3. The zero-order valence-electron chi connectivity index (χ0n) is 25.2. The van der Waals surface area contributed by atoms with Gasteiger partial charge in [0.2, 0.25) is 0 Å². The van der Waals surface area contributed by atoms with Crippen LogP contribution in [0.2, 0.25) is 0 Å². The summed E-state index contributed by atoms with van der Waals surface area (Å²) < 4.78 is 32.1. The second-order valence-corrected chi connectivity index (χ2v) is 11.9. The number of carbonyl (C=O) groups is 3. The van der Waals surface area contributed by atoms with Crippen molar-refractivity contribution in [3.8, 4) is 0 Å². The van der Waals surface area contributed by atoms with Crippen LogP contribution in [-0.4, -0.2) is 56.6 Å². The lowest BCUT2D eigenvalue weighted by atomic mass is 9.92. The van der Waals surface area contributed by atoms with E-state index < -0.39 is 36.8 Å². The SMILES string of the molecule is CC(C)CCCCOC(=O)OC1CC(OC(=O)OCCCCC(C)C)CC(OC(=O)OCCCCC(C)C)C1. The van der Waals surface area contributed by atoms with Gasteiger partial charge in [-0.05, 0) is 56.3 Å². The van der Waals surface area contributed by atoms with Gasteiger partial charge in [-0.1, -0.05) is 60.8 Å². The lowest BCUT2D eigenvalue weighted by molar-refractivity contribution is -0.0776. The van der Waals surface area contributed by atoms with E-state index >= 15 is 0 Å². The van der Waals surface area contributed by atoms with Gasteiger partial charge in [0.1, 0.15) is 18.3 Å². The van der Waals surface area contributed by atoms with Crippen LogP contribution in [0.4, 0.5) is 14.4 Å². The summed E-state index contributed by atoms with van der Waals surface area (Å²) in [6.07, 6.45) is 5.03. The van der Waals surface area contributed by atoms with E-state index in [9.17, 15) is 14.4 Å². The topological polar surface area (TPSA) is 107 Å². The predicted molar refractivity (Wildman–Crippen MR) is 149 cm³/mol. The Morgan fingerprint density at radius 2 is 0.744 bits per heavy atom. The van der Waals surface area contributed by atoms with Crippen LogP contribution >= 0.6 is 0 Å². The maximum Gasteiger partial charge on any atom is 0.508 e. The molecule has 1 rings (SSSR count). The van der Waals surface area contributed by atoms with E-state index in [0.717, 1.165) is 57.8 Å². The van der Waals surface area contributed by atoms with Gasteiger partial charge < -0.3 is 28.4 Å². The van der Waals surface area contributed by atoms with Crippen molar-refractivity contribution in [2.45, 2.75) is 137 Å². The summed E-state index contributed by atoms with van der Waals surface area (Å²) in [5, 5.41) is 0. The van der Waals surface area contributed by atoms with E-state index in [-0.39, 0.29) is 39.1 Å². The highest BCUT2D eigenvalue weighted by Crippen LogP contribution is 2.27. The van der Waals surface area contributed by atoms with Crippen LogP contribution in [0, 0.1) is 17.8 Å². The molecule has 1 saturated carbocycles. The molecule has 0 amide bonds. The summed E-state index contributed by atoms with van der Waals surface area (Å²) >= 11 is 0. The smallest absolute Gasteiger partial charge is 0.434 e. The lowest BCUT2D eigenvalue weighted by Crippen LogP contribution is -2.40.